The molecular formula is C13H24N4O2. The van der Waals surface area contributed by atoms with E-state index >= 15 is 0 Å². The lowest BCUT2D eigenvalue weighted by Gasteiger charge is -2.22. The summed E-state index contributed by atoms with van der Waals surface area (Å²) in [5.74, 6) is 1.20. The Hall–Kier alpha value is -1.40. The van der Waals surface area contributed by atoms with Crippen molar-refractivity contribution in [3.05, 3.63) is 11.8 Å². The van der Waals surface area contributed by atoms with E-state index in [9.17, 15) is 0 Å². The normalized spacial score (nSPS) is 12.6. The third-order valence-electron chi connectivity index (χ3n) is 2.41. The quantitative estimate of drug-likeness (QED) is 0.794. The van der Waals surface area contributed by atoms with Gasteiger partial charge >= 0.3 is 0 Å². The second-order valence-corrected chi connectivity index (χ2v) is 4.91. The molecule has 0 aliphatic carbocycles. The van der Waals surface area contributed by atoms with E-state index in [1.165, 1.54) is 0 Å². The SMILES string of the molecule is COCC(N)CN(C)c1nc(C)cc(OC(C)C)n1. The van der Waals surface area contributed by atoms with Gasteiger partial charge in [0.15, 0.2) is 0 Å². The first kappa shape index (κ1) is 15.7. The fourth-order valence-corrected chi connectivity index (χ4v) is 1.70. The Bertz CT molecular complexity index is 398. The van der Waals surface area contributed by atoms with Crippen molar-refractivity contribution >= 4 is 5.95 Å². The molecule has 0 spiro atoms. The zero-order chi connectivity index (χ0) is 14.4. The van der Waals surface area contributed by atoms with Crippen molar-refractivity contribution in [2.75, 3.05) is 32.2 Å². The lowest BCUT2D eigenvalue weighted by molar-refractivity contribution is 0.181. The summed E-state index contributed by atoms with van der Waals surface area (Å²) in [5.41, 5.74) is 6.79. The number of anilines is 1. The standard InChI is InChI=1S/C13H24N4O2/c1-9(2)19-12-6-10(3)15-13(16-12)17(4)7-11(14)8-18-5/h6,9,11H,7-8,14H2,1-5H3. The number of aryl methyl sites for hydroxylation is 1. The summed E-state index contributed by atoms with van der Waals surface area (Å²) in [6.07, 6.45) is 0.0863. The smallest absolute Gasteiger partial charge is 0.228 e. The maximum atomic E-state index is 5.93. The van der Waals surface area contributed by atoms with Crippen LogP contribution in [-0.2, 0) is 4.74 Å². The highest BCUT2D eigenvalue weighted by Gasteiger charge is 2.12. The molecule has 6 heteroatoms. The van der Waals surface area contributed by atoms with E-state index in [-0.39, 0.29) is 12.1 Å². The molecule has 1 heterocycles. The molecule has 0 amide bonds. The minimum atomic E-state index is -0.0754. The van der Waals surface area contributed by atoms with Crippen LogP contribution in [-0.4, -0.2) is 49.4 Å². The lowest BCUT2D eigenvalue weighted by atomic mass is 10.3. The summed E-state index contributed by atoms with van der Waals surface area (Å²) in [6.45, 7) is 6.98. The van der Waals surface area contributed by atoms with Crippen LogP contribution in [0.1, 0.15) is 19.5 Å². The highest BCUT2D eigenvalue weighted by Crippen LogP contribution is 2.15. The maximum Gasteiger partial charge on any atom is 0.228 e. The van der Waals surface area contributed by atoms with Crippen LogP contribution in [0.5, 0.6) is 5.88 Å². The number of hydrogen-bond donors (Lipinski definition) is 1. The largest absolute Gasteiger partial charge is 0.475 e. The molecule has 2 N–H and O–H groups in total. The molecule has 0 saturated heterocycles. The molecular weight excluding hydrogens is 244 g/mol. The third-order valence-corrected chi connectivity index (χ3v) is 2.41. The summed E-state index contributed by atoms with van der Waals surface area (Å²) in [7, 11) is 3.54. The van der Waals surface area contributed by atoms with Crippen LogP contribution in [0.3, 0.4) is 0 Å². The second kappa shape index (κ2) is 7.25. The van der Waals surface area contributed by atoms with Gasteiger partial charge in [0.05, 0.1) is 12.7 Å². The number of ether oxygens (including phenoxy) is 2. The molecule has 6 nitrogen and oxygen atoms in total. The molecule has 1 rings (SSSR count). The Kier molecular flexibility index (Phi) is 5.98. The van der Waals surface area contributed by atoms with Crippen molar-refractivity contribution in [1.82, 2.24) is 9.97 Å². The molecule has 0 radical (unpaired) electrons. The first-order chi connectivity index (χ1) is 8.92. The summed E-state index contributed by atoms with van der Waals surface area (Å²) in [4.78, 5) is 10.7. The number of hydrogen-bond acceptors (Lipinski definition) is 6. The Morgan fingerprint density at radius 3 is 2.63 bits per heavy atom. The van der Waals surface area contributed by atoms with Crippen LogP contribution in [0.4, 0.5) is 5.95 Å². The average Bonchev–Trinajstić information content (AvgIpc) is 2.27. The number of nitrogens with zero attached hydrogens (tertiary/aromatic N) is 3. The van der Waals surface area contributed by atoms with Gasteiger partial charge in [0.25, 0.3) is 0 Å². The van der Waals surface area contributed by atoms with E-state index in [4.69, 9.17) is 15.2 Å². The fourth-order valence-electron chi connectivity index (χ4n) is 1.70. The Morgan fingerprint density at radius 1 is 1.37 bits per heavy atom. The Labute approximate surface area is 114 Å². The van der Waals surface area contributed by atoms with Gasteiger partial charge in [-0.3, -0.25) is 0 Å². The predicted octanol–water partition coefficient (Wildman–Crippen LogP) is 0.982. The van der Waals surface area contributed by atoms with Crippen molar-refractivity contribution in [2.45, 2.75) is 32.9 Å². The van der Waals surface area contributed by atoms with Gasteiger partial charge < -0.3 is 20.1 Å². The average molecular weight is 268 g/mol. The van der Waals surface area contributed by atoms with Crippen molar-refractivity contribution < 1.29 is 9.47 Å². The van der Waals surface area contributed by atoms with Crippen LogP contribution in [0.25, 0.3) is 0 Å². The molecule has 1 unspecified atom stereocenters. The minimum Gasteiger partial charge on any atom is -0.475 e. The van der Waals surface area contributed by atoms with Gasteiger partial charge in [-0.1, -0.05) is 0 Å². The zero-order valence-electron chi connectivity index (χ0n) is 12.4. The molecule has 0 bridgehead atoms. The summed E-state index contributed by atoms with van der Waals surface area (Å²) < 4.78 is 10.6. The van der Waals surface area contributed by atoms with Crippen LogP contribution >= 0.6 is 0 Å². The van der Waals surface area contributed by atoms with Gasteiger partial charge in [-0.15, -0.1) is 0 Å². The molecule has 19 heavy (non-hydrogen) atoms. The third kappa shape index (κ3) is 5.40. The topological polar surface area (TPSA) is 73.5 Å². The van der Waals surface area contributed by atoms with Gasteiger partial charge in [0.2, 0.25) is 11.8 Å². The van der Waals surface area contributed by atoms with E-state index < -0.39 is 0 Å². The molecule has 0 aliphatic heterocycles. The first-order valence-electron chi connectivity index (χ1n) is 6.40. The van der Waals surface area contributed by atoms with E-state index in [1.54, 1.807) is 7.11 Å². The van der Waals surface area contributed by atoms with E-state index in [2.05, 4.69) is 9.97 Å². The summed E-state index contributed by atoms with van der Waals surface area (Å²) >= 11 is 0. The van der Waals surface area contributed by atoms with Gasteiger partial charge in [0.1, 0.15) is 0 Å². The summed E-state index contributed by atoms with van der Waals surface area (Å²) in [6, 6.07) is 1.75. The van der Waals surface area contributed by atoms with Crippen molar-refractivity contribution in [1.29, 1.82) is 0 Å². The highest BCUT2D eigenvalue weighted by atomic mass is 16.5. The summed E-state index contributed by atoms with van der Waals surface area (Å²) in [5, 5.41) is 0. The lowest BCUT2D eigenvalue weighted by Crippen LogP contribution is -2.39. The van der Waals surface area contributed by atoms with Gasteiger partial charge in [-0.25, -0.2) is 4.98 Å². The number of methoxy groups -OCH3 is 1. The van der Waals surface area contributed by atoms with Gasteiger partial charge in [-0.05, 0) is 20.8 Å². The number of aromatic nitrogens is 2. The van der Waals surface area contributed by atoms with E-state index in [1.807, 2.05) is 38.8 Å². The molecule has 0 fully saturated rings. The first-order valence-corrected chi connectivity index (χ1v) is 6.40. The highest BCUT2D eigenvalue weighted by molar-refractivity contribution is 5.33. The predicted molar refractivity (Wildman–Crippen MR) is 75.7 cm³/mol. The van der Waals surface area contributed by atoms with Crippen LogP contribution in [0.15, 0.2) is 6.07 Å². The Balaban J connectivity index is 2.78. The van der Waals surface area contributed by atoms with Gasteiger partial charge in [-0.2, -0.15) is 4.98 Å². The fraction of sp³-hybridized carbons (Fsp3) is 0.692. The molecule has 0 aromatic carbocycles. The zero-order valence-corrected chi connectivity index (χ0v) is 12.4. The van der Waals surface area contributed by atoms with Crippen molar-refractivity contribution in [3.63, 3.8) is 0 Å². The minimum absolute atomic E-state index is 0.0754. The number of nitrogens with two attached hydrogens (primary N) is 1. The Morgan fingerprint density at radius 2 is 2.05 bits per heavy atom. The maximum absolute atomic E-state index is 5.93. The molecule has 0 aliphatic rings. The van der Waals surface area contributed by atoms with Crippen molar-refractivity contribution in [3.8, 4) is 5.88 Å². The van der Waals surface area contributed by atoms with Crippen LogP contribution in [0, 0.1) is 6.92 Å². The van der Waals surface area contributed by atoms with E-state index in [0.29, 0.717) is 25.0 Å². The second-order valence-electron chi connectivity index (χ2n) is 4.91. The number of likely N-dealkylation sites (N-methyl/N-ethyl adjacent to an activating group) is 1. The number of rotatable bonds is 7. The van der Waals surface area contributed by atoms with Gasteiger partial charge in [0, 0.05) is 38.5 Å². The monoisotopic (exact) mass is 268 g/mol. The molecule has 1 atom stereocenters. The molecule has 1 aromatic rings. The van der Waals surface area contributed by atoms with Crippen molar-refractivity contribution in [2.24, 2.45) is 5.73 Å². The van der Waals surface area contributed by atoms with Crippen LogP contribution < -0.4 is 15.4 Å². The molecule has 0 saturated carbocycles. The molecule has 108 valence electrons. The van der Waals surface area contributed by atoms with E-state index in [0.717, 1.165) is 5.69 Å². The molecule has 1 aromatic heterocycles. The van der Waals surface area contributed by atoms with Crippen LogP contribution in [0.2, 0.25) is 0 Å².